The first kappa shape index (κ1) is 17.9. The van der Waals surface area contributed by atoms with E-state index in [1.807, 2.05) is 0 Å². The second-order valence-electron chi connectivity index (χ2n) is 7.22. The van der Waals surface area contributed by atoms with Crippen LogP contribution in [-0.4, -0.2) is 58.6 Å². The van der Waals surface area contributed by atoms with Gasteiger partial charge in [-0.3, -0.25) is 4.90 Å². The number of fused-ring (bicyclic) bond motifs is 1. The van der Waals surface area contributed by atoms with E-state index >= 15 is 0 Å². The highest BCUT2D eigenvalue weighted by atomic mass is 32.2. The lowest BCUT2D eigenvalue weighted by Gasteiger charge is -2.36. The Labute approximate surface area is 153 Å². The minimum Gasteiger partial charge on any atom is -0.327 e. The number of hydrogen-bond acceptors (Lipinski definition) is 4. The summed E-state index contributed by atoms with van der Waals surface area (Å²) < 4.78 is 41.8. The van der Waals surface area contributed by atoms with Gasteiger partial charge in [-0.25, -0.2) is 17.8 Å². The predicted molar refractivity (Wildman–Crippen MR) is 98.8 cm³/mol. The fraction of sp³-hybridized carbons (Fsp3) is 0.611. The first-order chi connectivity index (χ1) is 12.5. The van der Waals surface area contributed by atoms with Crippen LogP contribution in [0.2, 0.25) is 0 Å². The fourth-order valence-electron chi connectivity index (χ4n) is 4.31. The Morgan fingerprint density at radius 3 is 2.85 bits per heavy atom. The Balaban J connectivity index is 1.54. The van der Waals surface area contributed by atoms with Crippen LogP contribution in [0.1, 0.15) is 32.0 Å². The van der Waals surface area contributed by atoms with Gasteiger partial charge in [-0.05, 0) is 44.9 Å². The number of likely N-dealkylation sites (tertiary alicyclic amines) is 1. The third kappa shape index (κ3) is 3.25. The van der Waals surface area contributed by atoms with Crippen LogP contribution in [0.5, 0.6) is 0 Å². The molecule has 0 amide bonds. The molecule has 0 saturated carbocycles. The minimum absolute atomic E-state index is 0.0631. The Morgan fingerprint density at radius 2 is 2.12 bits per heavy atom. The molecule has 8 heteroatoms. The van der Waals surface area contributed by atoms with Crippen LogP contribution < -0.4 is 0 Å². The molecule has 6 nitrogen and oxygen atoms in total. The fourth-order valence-corrected chi connectivity index (χ4v) is 6.07. The monoisotopic (exact) mass is 380 g/mol. The standard InChI is InChI=1S/C18H25FN4O2S/c1-2-22-17-7-6-14(19)11-16(17)20-18(22)13-21-8-3-5-15(12-21)23-9-4-10-26(23,24)25/h6-7,11,15H,2-5,8-10,12-13H2,1H3. The smallest absolute Gasteiger partial charge is 0.214 e. The van der Waals surface area contributed by atoms with Gasteiger partial charge in [0.15, 0.2) is 0 Å². The van der Waals surface area contributed by atoms with Crippen molar-refractivity contribution in [2.24, 2.45) is 0 Å². The van der Waals surface area contributed by atoms with Crippen LogP contribution in [0.15, 0.2) is 18.2 Å². The number of sulfonamides is 1. The molecule has 2 aromatic rings. The molecule has 1 aromatic heterocycles. The number of aryl methyl sites for hydroxylation is 1. The number of rotatable bonds is 4. The van der Waals surface area contributed by atoms with E-state index < -0.39 is 10.0 Å². The van der Waals surface area contributed by atoms with Crippen LogP contribution in [0, 0.1) is 5.82 Å². The van der Waals surface area contributed by atoms with E-state index in [0.29, 0.717) is 18.6 Å². The van der Waals surface area contributed by atoms with Gasteiger partial charge in [0.1, 0.15) is 11.6 Å². The van der Waals surface area contributed by atoms with Gasteiger partial charge in [0.2, 0.25) is 10.0 Å². The Hall–Kier alpha value is -1.51. The zero-order valence-electron chi connectivity index (χ0n) is 15.1. The molecule has 2 aliphatic rings. The molecule has 1 aromatic carbocycles. The van der Waals surface area contributed by atoms with Gasteiger partial charge in [0, 0.05) is 31.7 Å². The van der Waals surface area contributed by atoms with Crippen molar-refractivity contribution < 1.29 is 12.8 Å². The molecular formula is C18H25FN4O2S. The summed E-state index contributed by atoms with van der Waals surface area (Å²) in [6.45, 7) is 5.81. The molecule has 26 heavy (non-hydrogen) atoms. The Kier molecular flexibility index (Phi) is 4.75. The molecule has 2 fully saturated rings. The average Bonchev–Trinajstić information content (AvgIpc) is 3.13. The lowest BCUT2D eigenvalue weighted by atomic mass is 10.1. The largest absolute Gasteiger partial charge is 0.327 e. The number of aromatic nitrogens is 2. The van der Waals surface area contributed by atoms with Gasteiger partial charge in [-0.2, -0.15) is 4.31 Å². The number of halogens is 1. The third-order valence-corrected chi connectivity index (χ3v) is 7.50. The zero-order chi connectivity index (χ0) is 18.3. The van der Waals surface area contributed by atoms with E-state index in [1.165, 1.54) is 12.1 Å². The van der Waals surface area contributed by atoms with Crippen molar-refractivity contribution in [3.8, 4) is 0 Å². The second kappa shape index (κ2) is 6.90. The molecule has 0 aliphatic carbocycles. The molecular weight excluding hydrogens is 355 g/mol. The molecule has 0 bridgehead atoms. The molecule has 4 rings (SSSR count). The van der Waals surface area contributed by atoms with Gasteiger partial charge < -0.3 is 4.57 Å². The summed E-state index contributed by atoms with van der Waals surface area (Å²) in [5, 5.41) is 0. The molecule has 1 unspecified atom stereocenters. The van der Waals surface area contributed by atoms with Gasteiger partial charge >= 0.3 is 0 Å². The summed E-state index contributed by atoms with van der Waals surface area (Å²) in [6.07, 6.45) is 2.64. The highest BCUT2D eigenvalue weighted by Crippen LogP contribution is 2.25. The third-order valence-electron chi connectivity index (χ3n) is 5.50. The SMILES string of the molecule is CCn1c(CN2CCCC(N3CCCS3(=O)=O)C2)nc2cc(F)ccc21. The first-order valence-electron chi connectivity index (χ1n) is 9.34. The van der Waals surface area contributed by atoms with E-state index in [1.54, 1.807) is 10.4 Å². The molecule has 3 heterocycles. The molecule has 142 valence electrons. The Bertz CT molecular complexity index is 911. The van der Waals surface area contributed by atoms with Gasteiger partial charge in [-0.1, -0.05) is 0 Å². The lowest BCUT2D eigenvalue weighted by Crippen LogP contribution is -2.48. The zero-order valence-corrected chi connectivity index (χ0v) is 15.9. The van der Waals surface area contributed by atoms with E-state index in [-0.39, 0.29) is 17.6 Å². The van der Waals surface area contributed by atoms with Crippen LogP contribution in [0.3, 0.4) is 0 Å². The lowest BCUT2D eigenvalue weighted by molar-refractivity contribution is 0.143. The summed E-state index contributed by atoms with van der Waals surface area (Å²) in [4.78, 5) is 6.92. The normalized spacial score (nSPS) is 24.5. The van der Waals surface area contributed by atoms with E-state index in [4.69, 9.17) is 0 Å². The van der Waals surface area contributed by atoms with Crippen LogP contribution in [0.25, 0.3) is 11.0 Å². The molecule has 0 spiro atoms. The van der Waals surface area contributed by atoms with Crippen molar-refractivity contribution in [1.29, 1.82) is 0 Å². The van der Waals surface area contributed by atoms with Gasteiger partial charge in [0.25, 0.3) is 0 Å². The summed E-state index contributed by atoms with van der Waals surface area (Å²) in [5.74, 6) is 0.917. The number of piperidine rings is 1. The molecule has 2 saturated heterocycles. The summed E-state index contributed by atoms with van der Waals surface area (Å²) >= 11 is 0. The van der Waals surface area contributed by atoms with E-state index in [9.17, 15) is 12.8 Å². The summed E-state index contributed by atoms with van der Waals surface area (Å²) in [5.41, 5.74) is 1.62. The Morgan fingerprint density at radius 1 is 1.27 bits per heavy atom. The molecule has 0 radical (unpaired) electrons. The number of benzene rings is 1. The number of imidazole rings is 1. The second-order valence-corrected chi connectivity index (χ2v) is 9.26. The van der Waals surface area contributed by atoms with Crippen molar-refractivity contribution in [3.63, 3.8) is 0 Å². The summed E-state index contributed by atoms with van der Waals surface area (Å²) in [6, 6.07) is 4.78. The molecule has 1 atom stereocenters. The van der Waals surface area contributed by atoms with Crippen molar-refractivity contribution in [2.75, 3.05) is 25.4 Å². The highest BCUT2D eigenvalue weighted by Gasteiger charge is 2.36. The van der Waals surface area contributed by atoms with Crippen LogP contribution in [0.4, 0.5) is 4.39 Å². The quantitative estimate of drug-likeness (QED) is 0.816. The average molecular weight is 380 g/mol. The molecule has 2 aliphatic heterocycles. The maximum Gasteiger partial charge on any atom is 0.214 e. The first-order valence-corrected chi connectivity index (χ1v) is 11.0. The highest BCUT2D eigenvalue weighted by molar-refractivity contribution is 7.89. The van der Waals surface area contributed by atoms with Crippen LogP contribution in [-0.2, 0) is 23.1 Å². The minimum atomic E-state index is -3.08. The van der Waals surface area contributed by atoms with Crippen molar-refractivity contribution in [3.05, 3.63) is 29.8 Å². The van der Waals surface area contributed by atoms with Crippen LogP contribution >= 0.6 is 0 Å². The van der Waals surface area contributed by atoms with Crippen molar-refractivity contribution in [1.82, 2.24) is 18.8 Å². The van der Waals surface area contributed by atoms with Crippen molar-refractivity contribution in [2.45, 2.75) is 45.3 Å². The predicted octanol–water partition coefficient (Wildman–Crippen LogP) is 2.20. The van der Waals surface area contributed by atoms with E-state index in [2.05, 4.69) is 21.4 Å². The topological polar surface area (TPSA) is 58.4 Å². The number of hydrogen-bond donors (Lipinski definition) is 0. The maximum absolute atomic E-state index is 13.5. The van der Waals surface area contributed by atoms with E-state index in [0.717, 1.165) is 50.2 Å². The maximum atomic E-state index is 13.5. The van der Waals surface area contributed by atoms with Gasteiger partial charge in [0.05, 0.1) is 23.3 Å². The van der Waals surface area contributed by atoms with Gasteiger partial charge in [-0.15, -0.1) is 0 Å². The van der Waals surface area contributed by atoms with Crippen molar-refractivity contribution >= 4 is 21.1 Å². The summed E-state index contributed by atoms with van der Waals surface area (Å²) in [7, 11) is -3.08. The number of nitrogens with zero attached hydrogens (tertiary/aromatic N) is 4. The molecule has 0 N–H and O–H groups in total.